The zero-order valence-electron chi connectivity index (χ0n) is 12.5. The number of amides is 3. The van der Waals surface area contributed by atoms with Crippen molar-refractivity contribution >= 4 is 41.6 Å². The number of carboxylic acids is 1. The number of carbonyl (C=O) groups is 3. The standard InChI is InChI=1S/C14H17N3O4S2/c1-22-8-7-11(13(19)20)15-16-9-12(18)17(14(16)21)23-10-5-3-2-4-6-10/h2-6,11,15H,7-9H2,1H3,(H,19,20). The third kappa shape index (κ3) is 4.63. The van der Waals surface area contributed by atoms with Crippen molar-refractivity contribution in [1.29, 1.82) is 0 Å². The molecule has 23 heavy (non-hydrogen) atoms. The van der Waals surface area contributed by atoms with Gasteiger partial charge in [0.05, 0.1) is 0 Å². The number of benzene rings is 1. The summed E-state index contributed by atoms with van der Waals surface area (Å²) < 4.78 is 1.04. The Labute approximate surface area is 142 Å². The number of aliphatic carboxylic acids is 1. The van der Waals surface area contributed by atoms with E-state index >= 15 is 0 Å². The number of urea groups is 1. The first kappa shape index (κ1) is 17.6. The van der Waals surface area contributed by atoms with E-state index in [2.05, 4.69) is 5.43 Å². The molecule has 1 fully saturated rings. The van der Waals surface area contributed by atoms with Crippen LogP contribution in [0, 0.1) is 0 Å². The van der Waals surface area contributed by atoms with Crippen molar-refractivity contribution in [3.8, 4) is 0 Å². The van der Waals surface area contributed by atoms with Gasteiger partial charge >= 0.3 is 12.0 Å². The molecule has 0 aromatic heterocycles. The highest BCUT2D eigenvalue weighted by molar-refractivity contribution is 7.98. The molecular weight excluding hydrogens is 338 g/mol. The molecule has 1 aromatic carbocycles. The van der Waals surface area contributed by atoms with Gasteiger partial charge in [-0.2, -0.15) is 16.1 Å². The van der Waals surface area contributed by atoms with E-state index in [1.54, 1.807) is 12.1 Å². The number of carbonyl (C=O) groups excluding carboxylic acids is 2. The van der Waals surface area contributed by atoms with Crippen LogP contribution in [-0.4, -0.2) is 56.9 Å². The number of rotatable bonds is 8. The van der Waals surface area contributed by atoms with E-state index < -0.39 is 18.0 Å². The zero-order valence-corrected chi connectivity index (χ0v) is 14.1. The highest BCUT2D eigenvalue weighted by Crippen LogP contribution is 2.26. The van der Waals surface area contributed by atoms with Gasteiger partial charge in [0.25, 0.3) is 5.91 Å². The number of nitrogens with one attached hydrogen (secondary N) is 1. The van der Waals surface area contributed by atoms with Crippen molar-refractivity contribution in [2.24, 2.45) is 0 Å². The monoisotopic (exact) mass is 355 g/mol. The molecule has 1 aliphatic rings. The molecule has 2 N–H and O–H groups in total. The Morgan fingerprint density at radius 1 is 1.35 bits per heavy atom. The fraction of sp³-hybridized carbons (Fsp3) is 0.357. The van der Waals surface area contributed by atoms with Crippen LogP contribution < -0.4 is 5.43 Å². The third-order valence-electron chi connectivity index (χ3n) is 3.08. The second-order valence-corrected chi connectivity index (χ2v) is 6.77. The molecule has 0 aliphatic carbocycles. The van der Waals surface area contributed by atoms with Crippen molar-refractivity contribution < 1.29 is 19.5 Å². The third-order valence-corrected chi connectivity index (χ3v) is 4.75. The first-order chi connectivity index (χ1) is 11.0. The fourth-order valence-corrected chi connectivity index (χ4v) is 3.23. The normalized spacial score (nSPS) is 16.0. The Bertz CT molecular complexity index is 585. The van der Waals surface area contributed by atoms with Gasteiger partial charge in [-0.25, -0.2) is 15.2 Å². The summed E-state index contributed by atoms with van der Waals surface area (Å²) in [5, 5.41) is 10.3. The molecule has 3 amide bonds. The van der Waals surface area contributed by atoms with Crippen LogP contribution in [-0.2, 0) is 9.59 Å². The lowest BCUT2D eigenvalue weighted by Crippen LogP contribution is -2.50. The summed E-state index contributed by atoms with van der Waals surface area (Å²) in [6.45, 7) is -0.179. The van der Waals surface area contributed by atoms with Gasteiger partial charge in [0.1, 0.15) is 12.6 Å². The Kier molecular flexibility index (Phi) is 6.31. The van der Waals surface area contributed by atoms with Gasteiger partial charge in [-0.05, 0) is 42.5 Å². The average Bonchev–Trinajstić information content (AvgIpc) is 2.79. The van der Waals surface area contributed by atoms with Gasteiger partial charge in [0.2, 0.25) is 0 Å². The summed E-state index contributed by atoms with van der Waals surface area (Å²) in [5.41, 5.74) is 2.64. The van der Waals surface area contributed by atoms with E-state index in [4.69, 9.17) is 0 Å². The predicted octanol–water partition coefficient (Wildman–Crippen LogP) is 1.67. The minimum absolute atomic E-state index is 0.179. The number of imide groups is 1. The molecule has 1 aliphatic heterocycles. The van der Waals surface area contributed by atoms with Crippen molar-refractivity contribution in [2.45, 2.75) is 17.4 Å². The quantitative estimate of drug-likeness (QED) is 0.541. The maximum Gasteiger partial charge on any atom is 0.352 e. The maximum atomic E-state index is 12.3. The highest BCUT2D eigenvalue weighted by Gasteiger charge is 2.39. The molecule has 1 saturated heterocycles. The lowest BCUT2D eigenvalue weighted by molar-refractivity contribution is -0.140. The number of hydrogen-bond donors (Lipinski definition) is 2. The van der Waals surface area contributed by atoms with Gasteiger partial charge in [0, 0.05) is 4.90 Å². The van der Waals surface area contributed by atoms with Crippen LogP contribution in [0.2, 0.25) is 0 Å². The summed E-state index contributed by atoms with van der Waals surface area (Å²) >= 11 is 2.55. The SMILES string of the molecule is CSCCC(NN1CC(=O)N(Sc2ccccc2)C1=O)C(=O)O. The molecule has 7 nitrogen and oxygen atoms in total. The summed E-state index contributed by atoms with van der Waals surface area (Å²) in [6, 6.07) is 7.59. The largest absolute Gasteiger partial charge is 0.480 e. The van der Waals surface area contributed by atoms with E-state index in [0.29, 0.717) is 12.2 Å². The van der Waals surface area contributed by atoms with Crippen LogP contribution in [0.25, 0.3) is 0 Å². The fourth-order valence-electron chi connectivity index (χ4n) is 1.93. The topological polar surface area (TPSA) is 90.0 Å². The zero-order chi connectivity index (χ0) is 16.8. The first-order valence-electron chi connectivity index (χ1n) is 6.88. The minimum atomic E-state index is -1.05. The van der Waals surface area contributed by atoms with E-state index in [9.17, 15) is 19.5 Å². The summed E-state index contributed by atoms with van der Waals surface area (Å²) in [6.07, 6.45) is 2.24. The van der Waals surface area contributed by atoms with Crippen LogP contribution in [0.15, 0.2) is 35.2 Å². The summed E-state index contributed by atoms with van der Waals surface area (Å²) in [5.74, 6) is -0.790. The molecule has 0 bridgehead atoms. The predicted molar refractivity (Wildman–Crippen MR) is 88.8 cm³/mol. The number of hydrazine groups is 1. The van der Waals surface area contributed by atoms with Gasteiger partial charge in [-0.1, -0.05) is 18.2 Å². The van der Waals surface area contributed by atoms with E-state index in [1.165, 1.54) is 11.8 Å². The van der Waals surface area contributed by atoms with Crippen molar-refractivity contribution in [3.63, 3.8) is 0 Å². The van der Waals surface area contributed by atoms with Crippen molar-refractivity contribution in [1.82, 2.24) is 14.7 Å². The molecular formula is C14H17N3O4S2. The average molecular weight is 355 g/mol. The van der Waals surface area contributed by atoms with Gasteiger partial charge in [0.15, 0.2) is 0 Å². The van der Waals surface area contributed by atoms with Gasteiger partial charge in [-0.15, -0.1) is 0 Å². The second-order valence-electron chi connectivity index (χ2n) is 4.76. The summed E-state index contributed by atoms with van der Waals surface area (Å²) in [4.78, 5) is 36.3. The molecule has 1 unspecified atom stereocenters. The van der Waals surface area contributed by atoms with Crippen LogP contribution in [0.4, 0.5) is 4.79 Å². The maximum absolute atomic E-state index is 12.3. The first-order valence-corrected chi connectivity index (χ1v) is 9.05. The highest BCUT2D eigenvalue weighted by atomic mass is 32.2. The Hall–Kier alpha value is -1.71. The molecule has 1 heterocycles. The Morgan fingerprint density at radius 2 is 2.04 bits per heavy atom. The van der Waals surface area contributed by atoms with E-state index in [0.717, 1.165) is 26.2 Å². The molecule has 1 aromatic rings. The minimum Gasteiger partial charge on any atom is -0.480 e. The molecule has 1 atom stereocenters. The molecule has 0 saturated carbocycles. The van der Waals surface area contributed by atoms with Gasteiger partial charge < -0.3 is 5.11 Å². The number of nitrogens with zero attached hydrogens (tertiary/aromatic N) is 2. The Balaban J connectivity index is 2.01. The van der Waals surface area contributed by atoms with E-state index in [1.807, 2.05) is 24.5 Å². The molecule has 0 radical (unpaired) electrons. The van der Waals surface area contributed by atoms with E-state index in [-0.39, 0.29) is 12.5 Å². The smallest absolute Gasteiger partial charge is 0.352 e. The van der Waals surface area contributed by atoms with Crippen LogP contribution in [0.1, 0.15) is 6.42 Å². The summed E-state index contributed by atoms with van der Waals surface area (Å²) in [7, 11) is 0. The molecule has 0 spiro atoms. The molecule has 2 rings (SSSR count). The Morgan fingerprint density at radius 3 is 2.65 bits per heavy atom. The molecule has 124 valence electrons. The van der Waals surface area contributed by atoms with Gasteiger partial charge in [-0.3, -0.25) is 9.59 Å². The lowest BCUT2D eigenvalue weighted by atomic mass is 10.2. The van der Waals surface area contributed by atoms with Crippen LogP contribution in [0.3, 0.4) is 0 Å². The lowest BCUT2D eigenvalue weighted by Gasteiger charge is -2.21. The number of carboxylic acid groups (broad SMARTS) is 1. The van der Waals surface area contributed by atoms with Crippen LogP contribution in [0.5, 0.6) is 0 Å². The second kappa shape index (κ2) is 8.23. The van der Waals surface area contributed by atoms with Crippen molar-refractivity contribution in [2.75, 3.05) is 18.6 Å². The molecule has 9 heteroatoms. The number of thioether (sulfide) groups is 1. The van der Waals surface area contributed by atoms with Crippen LogP contribution >= 0.6 is 23.7 Å². The van der Waals surface area contributed by atoms with Crippen molar-refractivity contribution in [3.05, 3.63) is 30.3 Å². The number of hydrogen-bond acceptors (Lipinski definition) is 6.